The molecule has 1 aliphatic rings. The van der Waals surface area contributed by atoms with Gasteiger partial charge in [-0.3, -0.25) is 0 Å². The highest BCUT2D eigenvalue weighted by Gasteiger charge is 2.37. The topological polar surface area (TPSA) is 21.3 Å². The van der Waals surface area contributed by atoms with E-state index in [9.17, 15) is 0 Å². The van der Waals surface area contributed by atoms with Crippen molar-refractivity contribution in [2.45, 2.75) is 52.0 Å². The molecule has 2 nitrogen and oxygen atoms in total. The van der Waals surface area contributed by atoms with Gasteiger partial charge in [-0.2, -0.15) is 0 Å². The van der Waals surface area contributed by atoms with E-state index in [1.54, 1.807) is 7.11 Å². The summed E-state index contributed by atoms with van der Waals surface area (Å²) >= 11 is 0. The van der Waals surface area contributed by atoms with Crippen LogP contribution in [0.3, 0.4) is 0 Å². The largest absolute Gasteiger partial charge is 0.496 e. The lowest BCUT2D eigenvalue weighted by atomic mass is 9.82. The van der Waals surface area contributed by atoms with Crippen molar-refractivity contribution < 1.29 is 4.74 Å². The van der Waals surface area contributed by atoms with Crippen LogP contribution in [0.25, 0.3) is 0 Å². The molecule has 2 rings (SSSR count). The Hall–Kier alpha value is -1.02. The van der Waals surface area contributed by atoms with Crippen LogP contribution in [0.1, 0.15) is 49.3 Å². The number of rotatable bonds is 4. The summed E-state index contributed by atoms with van der Waals surface area (Å²) < 4.78 is 5.70. The number of methoxy groups -OCH3 is 1. The summed E-state index contributed by atoms with van der Waals surface area (Å²) in [4.78, 5) is 0. The van der Waals surface area contributed by atoms with Crippen molar-refractivity contribution in [3.8, 4) is 5.75 Å². The van der Waals surface area contributed by atoms with Crippen LogP contribution >= 0.6 is 0 Å². The first-order valence-corrected chi connectivity index (χ1v) is 7.04. The first kappa shape index (κ1) is 13.4. The van der Waals surface area contributed by atoms with Crippen molar-refractivity contribution >= 4 is 0 Å². The Balaban J connectivity index is 2.51. The summed E-state index contributed by atoms with van der Waals surface area (Å²) in [5.74, 6) is 1.08. The van der Waals surface area contributed by atoms with E-state index in [0.717, 1.165) is 12.3 Å². The lowest BCUT2D eigenvalue weighted by Gasteiger charge is -2.32. The third kappa shape index (κ3) is 2.14. The van der Waals surface area contributed by atoms with Crippen molar-refractivity contribution in [1.29, 1.82) is 0 Å². The molecule has 1 aromatic carbocycles. The predicted octanol–water partition coefficient (Wildman–Crippen LogP) is 3.69. The summed E-state index contributed by atoms with van der Waals surface area (Å²) in [5, 5.41) is 3.73. The molecule has 100 valence electrons. The minimum Gasteiger partial charge on any atom is -0.496 e. The van der Waals surface area contributed by atoms with Crippen LogP contribution in [-0.4, -0.2) is 13.7 Å². The van der Waals surface area contributed by atoms with E-state index in [1.807, 2.05) is 0 Å². The van der Waals surface area contributed by atoms with Gasteiger partial charge >= 0.3 is 0 Å². The molecule has 1 N–H and O–H groups in total. The molecule has 2 heteroatoms. The third-order valence-electron chi connectivity index (χ3n) is 4.32. The van der Waals surface area contributed by atoms with Crippen molar-refractivity contribution in [2.24, 2.45) is 0 Å². The molecule has 0 bridgehead atoms. The van der Waals surface area contributed by atoms with Gasteiger partial charge in [-0.25, -0.2) is 0 Å². The van der Waals surface area contributed by atoms with Crippen LogP contribution in [0.5, 0.6) is 5.75 Å². The lowest BCUT2D eigenvalue weighted by molar-refractivity contribution is 0.327. The second-order valence-corrected chi connectivity index (χ2v) is 5.45. The normalized spacial score (nSPS) is 23.3. The molecule has 1 heterocycles. The van der Waals surface area contributed by atoms with Crippen LogP contribution in [0.15, 0.2) is 12.1 Å². The molecule has 18 heavy (non-hydrogen) atoms. The summed E-state index contributed by atoms with van der Waals surface area (Å²) in [7, 11) is 1.79. The zero-order valence-corrected chi connectivity index (χ0v) is 12.1. The SMILES string of the molecule is CCCC1(c2ccc(C)c(C)c2OC)CCCN1. The monoisotopic (exact) mass is 247 g/mol. The number of hydrogen-bond acceptors (Lipinski definition) is 2. The standard InChI is InChI=1S/C16H25NO/c1-5-9-16(10-6-11-17-16)14-8-7-12(2)13(3)15(14)18-4/h7-8,17H,5-6,9-11H2,1-4H3. The molecule has 1 aliphatic heterocycles. The fraction of sp³-hybridized carbons (Fsp3) is 0.625. The second kappa shape index (κ2) is 5.31. The van der Waals surface area contributed by atoms with E-state index < -0.39 is 0 Å². The Morgan fingerprint density at radius 3 is 2.67 bits per heavy atom. The van der Waals surface area contributed by atoms with Crippen molar-refractivity contribution in [3.63, 3.8) is 0 Å². The van der Waals surface area contributed by atoms with E-state index in [2.05, 4.69) is 38.2 Å². The second-order valence-electron chi connectivity index (χ2n) is 5.45. The first-order chi connectivity index (χ1) is 8.64. The fourth-order valence-corrected chi connectivity index (χ4v) is 3.24. The summed E-state index contributed by atoms with van der Waals surface area (Å²) in [5.41, 5.74) is 4.07. The molecule has 1 unspecified atom stereocenters. The Morgan fingerprint density at radius 2 is 2.11 bits per heavy atom. The Kier molecular flexibility index (Phi) is 3.96. The highest BCUT2D eigenvalue weighted by Crippen LogP contribution is 2.42. The summed E-state index contributed by atoms with van der Waals surface area (Å²) in [6.45, 7) is 7.69. The van der Waals surface area contributed by atoms with Gasteiger partial charge in [0.25, 0.3) is 0 Å². The van der Waals surface area contributed by atoms with Crippen LogP contribution in [-0.2, 0) is 5.54 Å². The smallest absolute Gasteiger partial charge is 0.127 e. The molecule has 0 amide bonds. The quantitative estimate of drug-likeness (QED) is 0.876. The van der Waals surface area contributed by atoms with Crippen molar-refractivity contribution in [1.82, 2.24) is 5.32 Å². The summed E-state index contributed by atoms with van der Waals surface area (Å²) in [6, 6.07) is 4.49. The van der Waals surface area contributed by atoms with Gasteiger partial charge in [0.05, 0.1) is 7.11 Å². The van der Waals surface area contributed by atoms with Crippen molar-refractivity contribution in [2.75, 3.05) is 13.7 Å². The number of ether oxygens (including phenoxy) is 1. The molecular weight excluding hydrogens is 222 g/mol. The van der Waals surface area contributed by atoms with Gasteiger partial charge in [0, 0.05) is 11.1 Å². The van der Waals surface area contributed by atoms with Gasteiger partial charge < -0.3 is 10.1 Å². The molecule has 0 aliphatic carbocycles. The van der Waals surface area contributed by atoms with Crippen LogP contribution in [0.4, 0.5) is 0 Å². The molecule has 1 saturated heterocycles. The fourth-order valence-electron chi connectivity index (χ4n) is 3.24. The molecule has 1 fully saturated rings. The van der Waals surface area contributed by atoms with Crippen LogP contribution in [0.2, 0.25) is 0 Å². The number of benzene rings is 1. The Bertz CT molecular complexity index is 419. The number of hydrogen-bond donors (Lipinski definition) is 1. The van der Waals surface area contributed by atoms with E-state index in [-0.39, 0.29) is 5.54 Å². The molecular formula is C16H25NO. The van der Waals surface area contributed by atoms with Gasteiger partial charge in [-0.1, -0.05) is 25.5 Å². The average molecular weight is 247 g/mol. The van der Waals surface area contributed by atoms with Gasteiger partial charge in [-0.05, 0) is 50.8 Å². The van der Waals surface area contributed by atoms with Crippen molar-refractivity contribution in [3.05, 3.63) is 28.8 Å². The maximum absolute atomic E-state index is 5.70. The van der Waals surface area contributed by atoms with Gasteiger partial charge in [0.15, 0.2) is 0 Å². The van der Waals surface area contributed by atoms with Crippen LogP contribution < -0.4 is 10.1 Å². The Morgan fingerprint density at radius 1 is 1.33 bits per heavy atom. The maximum atomic E-state index is 5.70. The maximum Gasteiger partial charge on any atom is 0.127 e. The van der Waals surface area contributed by atoms with Gasteiger partial charge in [0.1, 0.15) is 5.75 Å². The minimum absolute atomic E-state index is 0.137. The average Bonchev–Trinajstić information content (AvgIpc) is 2.82. The molecule has 0 aromatic heterocycles. The van der Waals surface area contributed by atoms with E-state index in [4.69, 9.17) is 4.74 Å². The van der Waals surface area contributed by atoms with E-state index in [1.165, 1.54) is 42.4 Å². The van der Waals surface area contributed by atoms with Gasteiger partial charge in [0.2, 0.25) is 0 Å². The molecule has 0 radical (unpaired) electrons. The zero-order chi connectivity index (χ0) is 13.2. The Labute approximate surface area is 111 Å². The molecule has 1 atom stereocenters. The number of nitrogens with one attached hydrogen (secondary N) is 1. The molecule has 0 spiro atoms. The molecule has 1 aromatic rings. The zero-order valence-electron chi connectivity index (χ0n) is 12.1. The predicted molar refractivity (Wildman–Crippen MR) is 76.3 cm³/mol. The van der Waals surface area contributed by atoms with E-state index >= 15 is 0 Å². The molecule has 0 saturated carbocycles. The van der Waals surface area contributed by atoms with Crippen LogP contribution in [0, 0.1) is 13.8 Å². The third-order valence-corrected chi connectivity index (χ3v) is 4.32. The summed E-state index contributed by atoms with van der Waals surface area (Å²) in [6.07, 6.45) is 4.87. The highest BCUT2D eigenvalue weighted by molar-refractivity contribution is 5.49. The van der Waals surface area contributed by atoms with Gasteiger partial charge in [-0.15, -0.1) is 0 Å². The minimum atomic E-state index is 0.137. The van der Waals surface area contributed by atoms with E-state index in [0.29, 0.717) is 0 Å². The highest BCUT2D eigenvalue weighted by atomic mass is 16.5. The number of aryl methyl sites for hydroxylation is 1. The lowest BCUT2D eigenvalue weighted by Crippen LogP contribution is -2.37. The first-order valence-electron chi connectivity index (χ1n) is 7.04.